The minimum atomic E-state index is -4.33. The van der Waals surface area contributed by atoms with Gasteiger partial charge in [-0.1, -0.05) is 53.4 Å². The van der Waals surface area contributed by atoms with E-state index in [1.54, 1.807) is 24.6 Å². The molecule has 1 rings (SSSR count). The Bertz CT molecular complexity index is 565. The van der Waals surface area contributed by atoms with Crippen molar-refractivity contribution in [3.05, 3.63) is 24.3 Å². The molecule has 0 amide bonds. The first-order valence-electron chi connectivity index (χ1n) is 10.9. The van der Waals surface area contributed by atoms with Crippen molar-refractivity contribution in [3.63, 3.8) is 0 Å². The Kier molecular flexibility index (Phi) is 14.9. The number of anilines is 1. The highest BCUT2D eigenvalue weighted by Gasteiger charge is 2.34. The lowest BCUT2D eigenvalue weighted by Gasteiger charge is -2.28. The molecule has 2 N–H and O–H groups in total. The lowest BCUT2D eigenvalue weighted by molar-refractivity contribution is 0.463. The van der Waals surface area contributed by atoms with Gasteiger partial charge in [0.25, 0.3) is 0 Å². The molecule has 0 aliphatic carbocycles. The lowest BCUT2D eigenvalue weighted by Crippen LogP contribution is -2.12. The van der Waals surface area contributed by atoms with E-state index < -0.39 is 17.4 Å². The second-order valence-corrected chi connectivity index (χ2v) is 13.5. The van der Waals surface area contributed by atoms with Crippen LogP contribution in [0, 0.1) is 0 Å². The summed E-state index contributed by atoms with van der Waals surface area (Å²) in [5.74, 6) is 0. The maximum atomic E-state index is 10.3. The first-order valence-corrected chi connectivity index (χ1v) is 14.8. The number of rotatable bonds is 13. The Morgan fingerprint density at radius 3 is 1.32 bits per heavy atom. The molecule has 1 aromatic carbocycles. The molecule has 0 unspecified atom stereocenters. The van der Waals surface area contributed by atoms with Crippen molar-refractivity contribution in [3.8, 4) is 0 Å². The molecule has 0 fully saturated rings. The van der Waals surface area contributed by atoms with Crippen molar-refractivity contribution in [2.24, 2.45) is 0 Å². The average Bonchev–Trinajstić information content (AvgIpc) is 2.67. The molecule has 0 spiro atoms. The van der Waals surface area contributed by atoms with Gasteiger partial charge in [0, 0.05) is 12.9 Å². The number of nitrogen functional groups attached to an aromatic ring is 1. The summed E-state index contributed by atoms with van der Waals surface area (Å²) in [5.41, 5.74) is 5.70. The van der Waals surface area contributed by atoms with Gasteiger partial charge in [0.2, 0.25) is 0 Å². The van der Waals surface area contributed by atoms with Crippen LogP contribution in [0.2, 0.25) is 0 Å². The van der Waals surface area contributed by atoms with E-state index in [-0.39, 0.29) is 4.90 Å². The van der Waals surface area contributed by atoms with Gasteiger partial charge in [-0.2, -0.15) is 0 Å². The zero-order valence-corrected chi connectivity index (χ0v) is 20.2. The number of hydrogen-bond acceptors (Lipinski definition) is 4. The minimum absolute atomic E-state index is 0.258. The first kappa shape index (κ1) is 27.4. The molecule has 1 aromatic rings. The van der Waals surface area contributed by atoms with Crippen LogP contribution < -0.4 is 5.73 Å². The fourth-order valence-electron chi connectivity index (χ4n) is 3.28. The summed E-state index contributed by atoms with van der Waals surface area (Å²) in [7, 11) is -4.89. The minimum Gasteiger partial charge on any atom is -0.744 e. The van der Waals surface area contributed by atoms with E-state index in [0.717, 1.165) is 0 Å². The molecular formula is C22H42NO3PS. The number of benzene rings is 1. The van der Waals surface area contributed by atoms with E-state index in [2.05, 4.69) is 27.7 Å². The van der Waals surface area contributed by atoms with Crippen LogP contribution in [0.25, 0.3) is 0 Å². The smallest absolute Gasteiger partial charge is 0.124 e. The second kappa shape index (κ2) is 15.2. The topological polar surface area (TPSA) is 83.2 Å². The van der Waals surface area contributed by atoms with E-state index in [9.17, 15) is 13.0 Å². The molecule has 6 heteroatoms. The van der Waals surface area contributed by atoms with E-state index in [1.807, 2.05) is 0 Å². The van der Waals surface area contributed by atoms with Crippen LogP contribution in [-0.2, 0) is 10.1 Å². The quantitative estimate of drug-likeness (QED) is 0.223. The SMILES string of the molecule is CCCC[P+](CCCC)(CCCC)CCCC.Nc1ccc(S(=O)(=O)[O-])cc1. The number of unbranched alkanes of at least 4 members (excludes halogenated alkanes) is 4. The van der Waals surface area contributed by atoms with E-state index in [4.69, 9.17) is 5.73 Å². The monoisotopic (exact) mass is 431 g/mol. The van der Waals surface area contributed by atoms with Gasteiger partial charge in [0.1, 0.15) is 10.1 Å². The zero-order chi connectivity index (χ0) is 21.5. The summed E-state index contributed by atoms with van der Waals surface area (Å²) in [5, 5.41) is 0. The summed E-state index contributed by atoms with van der Waals surface area (Å²) in [4.78, 5) is -0.258. The third-order valence-electron chi connectivity index (χ3n) is 5.11. The molecule has 4 nitrogen and oxygen atoms in total. The lowest BCUT2D eigenvalue weighted by atomic mass is 10.3. The van der Waals surface area contributed by atoms with Gasteiger partial charge >= 0.3 is 0 Å². The van der Waals surface area contributed by atoms with Gasteiger partial charge in [-0.25, -0.2) is 8.42 Å². The normalized spacial score (nSPS) is 11.8. The van der Waals surface area contributed by atoms with Gasteiger partial charge < -0.3 is 10.3 Å². The molecule has 0 aromatic heterocycles. The predicted octanol–water partition coefficient (Wildman–Crippen LogP) is 6.38. The van der Waals surface area contributed by atoms with Gasteiger partial charge in [-0.15, -0.1) is 0 Å². The summed E-state index contributed by atoms with van der Waals surface area (Å²) in [6.07, 6.45) is 17.9. The molecule has 0 heterocycles. The van der Waals surface area contributed by atoms with Crippen molar-refractivity contribution in [1.82, 2.24) is 0 Å². The fourth-order valence-corrected chi connectivity index (χ4v) is 9.04. The summed E-state index contributed by atoms with van der Waals surface area (Å²) >= 11 is 0. The van der Waals surface area contributed by atoms with Crippen molar-refractivity contribution >= 4 is 23.1 Å². The summed E-state index contributed by atoms with van der Waals surface area (Å²) in [6.45, 7) is 9.42. The molecule has 0 saturated heterocycles. The molecule has 164 valence electrons. The number of nitrogens with two attached hydrogens (primary N) is 1. The molecule has 0 bridgehead atoms. The maximum Gasteiger partial charge on any atom is 0.124 e. The summed E-state index contributed by atoms with van der Waals surface area (Å²) in [6, 6.07) is 5.09. The van der Waals surface area contributed by atoms with Crippen molar-refractivity contribution < 1.29 is 13.0 Å². The highest BCUT2D eigenvalue weighted by Crippen LogP contribution is 2.61. The van der Waals surface area contributed by atoms with Gasteiger partial charge in [0.05, 0.1) is 29.5 Å². The van der Waals surface area contributed by atoms with Crippen LogP contribution in [0.5, 0.6) is 0 Å². The Hall–Kier alpha value is -0.640. The molecule has 0 aliphatic rings. The van der Waals surface area contributed by atoms with E-state index in [0.29, 0.717) is 5.69 Å². The van der Waals surface area contributed by atoms with E-state index >= 15 is 0 Å². The molecular weight excluding hydrogens is 389 g/mol. The van der Waals surface area contributed by atoms with Gasteiger partial charge in [0.15, 0.2) is 0 Å². The zero-order valence-electron chi connectivity index (χ0n) is 18.5. The molecule has 0 radical (unpaired) electrons. The first-order chi connectivity index (χ1) is 13.2. The molecule has 0 saturated carbocycles. The van der Waals surface area contributed by atoms with Crippen molar-refractivity contribution in [1.29, 1.82) is 0 Å². The maximum absolute atomic E-state index is 10.3. The molecule has 0 aliphatic heterocycles. The molecule has 0 atom stereocenters. The van der Waals surface area contributed by atoms with Crippen LogP contribution >= 0.6 is 7.26 Å². The third kappa shape index (κ3) is 12.0. The Balaban J connectivity index is 0.000000567. The highest BCUT2D eigenvalue weighted by molar-refractivity contribution is 7.85. The number of hydrogen-bond donors (Lipinski definition) is 1. The van der Waals surface area contributed by atoms with Crippen LogP contribution in [0.4, 0.5) is 5.69 Å². The second-order valence-electron chi connectivity index (χ2n) is 7.67. The average molecular weight is 432 g/mol. The Morgan fingerprint density at radius 1 is 0.750 bits per heavy atom. The van der Waals surface area contributed by atoms with Crippen LogP contribution in [0.15, 0.2) is 29.2 Å². The van der Waals surface area contributed by atoms with Gasteiger partial charge in [-0.3, -0.25) is 0 Å². The predicted molar refractivity (Wildman–Crippen MR) is 125 cm³/mol. The largest absolute Gasteiger partial charge is 0.744 e. The Morgan fingerprint density at radius 2 is 1.07 bits per heavy atom. The van der Waals surface area contributed by atoms with Crippen molar-refractivity contribution in [2.75, 3.05) is 30.4 Å². The third-order valence-corrected chi connectivity index (χ3v) is 11.0. The van der Waals surface area contributed by atoms with E-state index in [1.165, 1.54) is 75.6 Å². The standard InChI is InChI=1S/C16H36P.C6H7NO3S/c1-5-9-13-17(14-10-6-2,15-11-7-3)16-12-8-4;7-5-1-3-6(4-2-5)11(8,9)10/h5-16H2,1-4H3;1-4H,7H2,(H,8,9,10)/q+1;/p-1. The highest BCUT2D eigenvalue weighted by atomic mass is 32.2. The van der Waals surface area contributed by atoms with Crippen LogP contribution in [-0.4, -0.2) is 37.6 Å². The van der Waals surface area contributed by atoms with Gasteiger partial charge in [-0.05, 0) is 49.9 Å². The van der Waals surface area contributed by atoms with Crippen LogP contribution in [0.3, 0.4) is 0 Å². The van der Waals surface area contributed by atoms with Crippen molar-refractivity contribution in [2.45, 2.75) is 84.0 Å². The van der Waals surface area contributed by atoms with Crippen LogP contribution in [0.1, 0.15) is 79.1 Å². The Labute approximate surface area is 174 Å². The summed E-state index contributed by atoms with van der Waals surface area (Å²) < 4.78 is 31.0. The fraction of sp³-hybridized carbons (Fsp3) is 0.727. The molecule has 28 heavy (non-hydrogen) atoms.